The average Bonchev–Trinajstić information content (AvgIpc) is 2.66. The van der Waals surface area contributed by atoms with Gasteiger partial charge < -0.3 is 10.6 Å². The molecule has 1 aliphatic carbocycles. The third-order valence-corrected chi connectivity index (χ3v) is 4.45. The predicted octanol–water partition coefficient (Wildman–Crippen LogP) is 3.62. The summed E-state index contributed by atoms with van der Waals surface area (Å²) in [6, 6.07) is 1.61. The van der Waals surface area contributed by atoms with Crippen LogP contribution in [0.1, 0.15) is 79.0 Å². The summed E-state index contributed by atoms with van der Waals surface area (Å²) < 4.78 is 0. The van der Waals surface area contributed by atoms with E-state index in [-0.39, 0.29) is 11.8 Å². The molecule has 0 fully saturated rings. The Balaban J connectivity index is 1.81. The summed E-state index contributed by atoms with van der Waals surface area (Å²) in [5, 5.41) is 5.79. The van der Waals surface area contributed by atoms with Crippen LogP contribution in [0.25, 0.3) is 0 Å². The summed E-state index contributed by atoms with van der Waals surface area (Å²) >= 11 is 0. The molecule has 0 aromatic carbocycles. The molecule has 0 unspecified atom stereocenters. The van der Waals surface area contributed by atoms with Gasteiger partial charge >= 0.3 is 0 Å². The van der Waals surface area contributed by atoms with Gasteiger partial charge in [-0.1, -0.05) is 31.4 Å². The van der Waals surface area contributed by atoms with Gasteiger partial charge in [0.15, 0.2) is 0 Å². The van der Waals surface area contributed by atoms with Gasteiger partial charge in [0.2, 0.25) is 0 Å². The fourth-order valence-electron chi connectivity index (χ4n) is 2.94. The molecule has 1 aromatic heterocycles. The molecule has 0 radical (unpaired) electrons. The molecule has 5 heteroatoms. The zero-order valence-electron chi connectivity index (χ0n) is 15.1. The Kier molecular flexibility index (Phi) is 8.16. The second kappa shape index (κ2) is 10.6. The van der Waals surface area contributed by atoms with Crippen LogP contribution in [0.2, 0.25) is 0 Å². The van der Waals surface area contributed by atoms with E-state index in [1.807, 2.05) is 0 Å². The molecule has 0 saturated carbocycles. The molecule has 2 amide bonds. The SMILES string of the molecule is CCCCCNC(=O)c1cncc(C(=O)NCCC2=CCCCC2)c1. The normalized spacial score (nSPS) is 13.9. The number of carbonyl (C=O) groups excluding carboxylic acids is 2. The molecule has 0 bridgehead atoms. The quantitative estimate of drug-likeness (QED) is 0.531. The molecule has 1 aromatic rings. The molecular formula is C20H29N3O2. The summed E-state index contributed by atoms with van der Waals surface area (Å²) in [5.41, 5.74) is 2.29. The van der Waals surface area contributed by atoms with Crippen molar-refractivity contribution >= 4 is 11.8 Å². The van der Waals surface area contributed by atoms with Crippen LogP contribution in [0.15, 0.2) is 30.1 Å². The Morgan fingerprint density at radius 3 is 2.40 bits per heavy atom. The molecule has 0 atom stereocenters. The minimum Gasteiger partial charge on any atom is -0.352 e. The predicted molar refractivity (Wildman–Crippen MR) is 99.6 cm³/mol. The van der Waals surface area contributed by atoms with Gasteiger partial charge in [0.05, 0.1) is 11.1 Å². The van der Waals surface area contributed by atoms with Crippen molar-refractivity contribution in [2.75, 3.05) is 13.1 Å². The first-order valence-electron chi connectivity index (χ1n) is 9.40. The minimum atomic E-state index is -0.176. The largest absolute Gasteiger partial charge is 0.352 e. The van der Waals surface area contributed by atoms with E-state index in [1.165, 1.54) is 30.8 Å². The molecule has 0 aliphatic heterocycles. The molecule has 1 aliphatic rings. The summed E-state index contributed by atoms with van der Waals surface area (Å²) in [7, 11) is 0. The lowest BCUT2D eigenvalue weighted by molar-refractivity contribution is 0.0952. The minimum absolute atomic E-state index is 0.175. The maximum atomic E-state index is 12.3. The summed E-state index contributed by atoms with van der Waals surface area (Å²) in [4.78, 5) is 28.4. The number of unbranched alkanes of at least 4 members (excludes halogenated alkanes) is 2. The van der Waals surface area contributed by atoms with Gasteiger partial charge in [0, 0.05) is 25.5 Å². The number of pyridine rings is 1. The maximum Gasteiger partial charge on any atom is 0.252 e. The lowest BCUT2D eigenvalue weighted by Crippen LogP contribution is -2.27. The Morgan fingerprint density at radius 1 is 1.04 bits per heavy atom. The van der Waals surface area contributed by atoms with Gasteiger partial charge in [0.1, 0.15) is 0 Å². The smallest absolute Gasteiger partial charge is 0.252 e. The van der Waals surface area contributed by atoms with E-state index >= 15 is 0 Å². The van der Waals surface area contributed by atoms with Crippen molar-refractivity contribution in [1.82, 2.24) is 15.6 Å². The molecule has 2 N–H and O–H groups in total. The topological polar surface area (TPSA) is 71.1 Å². The fourth-order valence-corrected chi connectivity index (χ4v) is 2.94. The number of hydrogen-bond acceptors (Lipinski definition) is 3. The summed E-state index contributed by atoms with van der Waals surface area (Å²) in [5.74, 6) is -0.352. The van der Waals surface area contributed by atoms with Crippen molar-refractivity contribution in [2.24, 2.45) is 0 Å². The highest BCUT2D eigenvalue weighted by Crippen LogP contribution is 2.19. The van der Waals surface area contributed by atoms with Crippen molar-refractivity contribution in [3.63, 3.8) is 0 Å². The standard InChI is InChI=1S/C20H29N3O2/c1-2-3-7-11-22-19(24)17-13-18(15-21-14-17)20(25)23-12-10-16-8-5-4-6-9-16/h8,13-15H,2-7,9-12H2,1H3,(H,22,24)(H,23,25). The average molecular weight is 343 g/mol. The zero-order chi connectivity index (χ0) is 17.9. The van der Waals surface area contributed by atoms with Crippen LogP contribution in [0, 0.1) is 0 Å². The van der Waals surface area contributed by atoms with Gasteiger partial charge in [-0.3, -0.25) is 14.6 Å². The van der Waals surface area contributed by atoms with Gasteiger partial charge in [-0.15, -0.1) is 0 Å². The molecule has 136 valence electrons. The van der Waals surface area contributed by atoms with Crippen LogP contribution in [0.4, 0.5) is 0 Å². The van der Waals surface area contributed by atoms with Crippen LogP contribution >= 0.6 is 0 Å². The first-order valence-corrected chi connectivity index (χ1v) is 9.40. The van der Waals surface area contributed by atoms with Crippen LogP contribution in [0.3, 0.4) is 0 Å². The van der Waals surface area contributed by atoms with Crippen molar-refractivity contribution in [3.05, 3.63) is 41.2 Å². The lowest BCUT2D eigenvalue weighted by atomic mass is 9.97. The molecule has 1 heterocycles. The number of rotatable bonds is 9. The Hall–Kier alpha value is -2.17. The van der Waals surface area contributed by atoms with Gasteiger partial charge in [-0.2, -0.15) is 0 Å². The Morgan fingerprint density at radius 2 is 1.76 bits per heavy atom. The third kappa shape index (κ3) is 6.69. The Bertz CT molecular complexity index is 611. The highest BCUT2D eigenvalue weighted by molar-refractivity contribution is 5.99. The number of allylic oxidation sites excluding steroid dienone is 1. The van der Waals surface area contributed by atoms with E-state index in [9.17, 15) is 9.59 Å². The first-order chi connectivity index (χ1) is 12.2. The van der Waals surface area contributed by atoms with E-state index in [4.69, 9.17) is 0 Å². The highest BCUT2D eigenvalue weighted by Gasteiger charge is 2.11. The van der Waals surface area contributed by atoms with E-state index in [0.717, 1.165) is 38.5 Å². The van der Waals surface area contributed by atoms with Crippen LogP contribution in [-0.2, 0) is 0 Å². The van der Waals surface area contributed by atoms with Gasteiger partial charge in [-0.25, -0.2) is 0 Å². The summed E-state index contributed by atoms with van der Waals surface area (Å²) in [6.07, 6.45) is 14.2. The van der Waals surface area contributed by atoms with Crippen molar-refractivity contribution < 1.29 is 9.59 Å². The molecule has 5 nitrogen and oxygen atoms in total. The van der Waals surface area contributed by atoms with Crippen molar-refractivity contribution in [3.8, 4) is 0 Å². The van der Waals surface area contributed by atoms with E-state index in [2.05, 4.69) is 28.6 Å². The van der Waals surface area contributed by atoms with Gasteiger partial charge in [-0.05, 0) is 44.6 Å². The van der Waals surface area contributed by atoms with Gasteiger partial charge in [0.25, 0.3) is 11.8 Å². The van der Waals surface area contributed by atoms with E-state index in [1.54, 1.807) is 6.07 Å². The fraction of sp³-hybridized carbons (Fsp3) is 0.550. The van der Waals surface area contributed by atoms with Crippen molar-refractivity contribution in [2.45, 2.75) is 58.3 Å². The number of nitrogens with zero attached hydrogens (tertiary/aromatic N) is 1. The molecule has 2 rings (SSSR count). The number of carbonyl (C=O) groups is 2. The highest BCUT2D eigenvalue weighted by atomic mass is 16.2. The van der Waals surface area contributed by atoms with Crippen LogP contribution in [-0.4, -0.2) is 29.9 Å². The first kappa shape index (κ1) is 19.2. The zero-order valence-corrected chi connectivity index (χ0v) is 15.1. The number of hydrogen-bond donors (Lipinski definition) is 2. The maximum absolute atomic E-state index is 12.3. The Labute approximate surface area is 150 Å². The molecule has 25 heavy (non-hydrogen) atoms. The molecule has 0 saturated heterocycles. The number of aromatic nitrogens is 1. The van der Waals surface area contributed by atoms with E-state index < -0.39 is 0 Å². The summed E-state index contributed by atoms with van der Waals surface area (Å²) in [6.45, 7) is 3.40. The monoisotopic (exact) mass is 343 g/mol. The molecular weight excluding hydrogens is 314 g/mol. The second-order valence-electron chi connectivity index (χ2n) is 6.54. The third-order valence-electron chi connectivity index (χ3n) is 4.45. The van der Waals surface area contributed by atoms with E-state index in [0.29, 0.717) is 24.2 Å². The number of nitrogens with one attached hydrogen (secondary N) is 2. The number of amides is 2. The second-order valence-corrected chi connectivity index (χ2v) is 6.54. The lowest BCUT2D eigenvalue weighted by Gasteiger charge is -2.13. The van der Waals surface area contributed by atoms with Crippen LogP contribution in [0.5, 0.6) is 0 Å². The molecule has 0 spiro atoms. The van der Waals surface area contributed by atoms with Crippen molar-refractivity contribution in [1.29, 1.82) is 0 Å². The van der Waals surface area contributed by atoms with Crippen LogP contribution < -0.4 is 10.6 Å².